The van der Waals surface area contributed by atoms with E-state index in [0.29, 0.717) is 27.4 Å². The number of H-pyrrole nitrogens is 2. The van der Waals surface area contributed by atoms with E-state index in [0.717, 1.165) is 37.1 Å². The third kappa shape index (κ3) is 3.33. The Morgan fingerprint density at radius 2 is 1.93 bits per heavy atom. The van der Waals surface area contributed by atoms with E-state index in [1.165, 1.54) is 11.8 Å². The molecule has 0 aromatic carbocycles. The molecular formula is C20H21N5O3S. The molecule has 8 nitrogen and oxygen atoms in total. The third-order valence-corrected chi connectivity index (χ3v) is 6.39. The van der Waals surface area contributed by atoms with Crippen molar-refractivity contribution in [2.45, 2.75) is 56.5 Å². The number of aromatic nitrogens is 5. The van der Waals surface area contributed by atoms with Crippen LogP contribution in [0.15, 0.2) is 20.7 Å². The van der Waals surface area contributed by atoms with Crippen LogP contribution in [0, 0.1) is 13.8 Å². The summed E-state index contributed by atoms with van der Waals surface area (Å²) in [6.45, 7) is 3.78. The van der Waals surface area contributed by atoms with Gasteiger partial charge in [-0.05, 0) is 45.6 Å². The van der Waals surface area contributed by atoms with E-state index in [2.05, 4.69) is 19.9 Å². The molecule has 9 heteroatoms. The number of rotatable bonds is 6. The minimum Gasteiger partial charge on any atom is -0.362 e. The molecule has 3 aromatic heterocycles. The highest BCUT2D eigenvalue weighted by Crippen LogP contribution is 2.40. The molecule has 2 aliphatic rings. The highest BCUT2D eigenvalue weighted by Gasteiger charge is 2.32. The molecule has 2 N–H and O–H groups in total. The first kappa shape index (κ1) is 18.4. The molecule has 0 saturated heterocycles. The van der Waals surface area contributed by atoms with E-state index in [4.69, 9.17) is 0 Å². The van der Waals surface area contributed by atoms with Crippen LogP contribution in [0.25, 0.3) is 11.0 Å². The van der Waals surface area contributed by atoms with Crippen molar-refractivity contribution in [3.63, 3.8) is 0 Å². The zero-order valence-electron chi connectivity index (χ0n) is 16.2. The van der Waals surface area contributed by atoms with Crippen LogP contribution >= 0.6 is 11.8 Å². The van der Waals surface area contributed by atoms with E-state index < -0.39 is 11.2 Å². The Morgan fingerprint density at radius 1 is 1.17 bits per heavy atom. The number of nitrogens with zero attached hydrogens (tertiary/aromatic N) is 3. The third-order valence-electron chi connectivity index (χ3n) is 5.41. The van der Waals surface area contributed by atoms with Gasteiger partial charge in [0.05, 0.1) is 5.75 Å². The van der Waals surface area contributed by atoms with E-state index in [1.54, 1.807) is 4.57 Å². The van der Waals surface area contributed by atoms with Crippen molar-refractivity contribution in [1.82, 2.24) is 24.5 Å². The Morgan fingerprint density at radius 3 is 2.55 bits per heavy atom. The maximum Gasteiger partial charge on any atom is 0.330 e. The number of thioether (sulfide) groups is 1. The summed E-state index contributed by atoms with van der Waals surface area (Å²) < 4.78 is 1.59. The van der Waals surface area contributed by atoms with Crippen molar-refractivity contribution in [1.29, 1.82) is 0 Å². The average Bonchev–Trinajstić information content (AvgIpc) is 3.57. The molecule has 0 radical (unpaired) electrons. The molecule has 0 amide bonds. The summed E-state index contributed by atoms with van der Waals surface area (Å²) in [4.78, 5) is 52.6. The van der Waals surface area contributed by atoms with Gasteiger partial charge in [0.2, 0.25) is 0 Å². The van der Waals surface area contributed by atoms with Gasteiger partial charge in [0, 0.05) is 28.9 Å². The van der Waals surface area contributed by atoms with Crippen LogP contribution in [0.2, 0.25) is 0 Å². The van der Waals surface area contributed by atoms with Gasteiger partial charge in [-0.3, -0.25) is 19.1 Å². The smallest absolute Gasteiger partial charge is 0.330 e. The molecule has 3 heterocycles. The monoisotopic (exact) mass is 411 g/mol. The molecule has 5 rings (SSSR count). The minimum absolute atomic E-state index is 0.0245. The van der Waals surface area contributed by atoms with Crippen LogP contribution in [0.3, 0.4) is 0 Å². The standard InChI is InChI=1S/C20H21N5O3S/c1-9-7-13(10(2)21-9)14(26)8-29-19-15-17(22-16(23-19)11-3-4-11)25(12-5-6-12)20(28)24-18(15)27/h7,11-12,21H,3-6,8H2,1-2H3,(H,24,27,28). The summed E-state index contributed by atoms with van der Waals surface area (Å²) in [5.41, 5.74) is 1.91. The van der Waals surface area contributed by atoms with Crippen molar-refractivity contribution in [2.24, 2.45) is 0 Å². The number of carbonyl (C=O) groups is 1. The largest absolute Gasteiger partial charge is 0.362 e. The number of ketones is 1. The van der Waals surface area contributed by atoms with Crippen LogP contribution in [-0.2, 0) is 0 Å². The molecule has 150 valence electrons. The fourth-order valence-corrected chi connectivity index (χ4v) is 4.57. The first-order valence-electron chi connectivity index (χ1n) is 9.81. The van der Waals surface area contributed by atoms with E-state index in [9.17, 15) is 14.4 Å². The van der Waals surface area contributed by atoms with Gasteiger partial charge < -0.3 is 4.98 Å². The first-order chi connectivity index (χ1) is 13.9. The van der Waals surface area contributed by atoms with Crippen LogP contribution in [-0.4, -0.2) is 36.0 Å². The summed E-state index contributed by atoms with van der Waals surface area (Å²) >= 11 is 1.24. The van der Waals surface area contributed by atoms with Crippen molar-refractivity contribution < 1.29 is 4.79 Å². The quantitative estimate of drug-likeness (QED) is 0.366. The topological polar surface area (TPSA) is 114 Å². The number of nitrogens with one attached hydrogen (secondary N) is 2. The first-order valence-corrected chi connectivity index (χ1v) is 10.8. The van der Waals surface area contributed by atoms with E-state index in [-0.39, 0.29) is 23.5 Å². The fraction of sp³-hybridized carbons (Fsp3) is 0.450. The van der Waals surface area contributed by atoms with Gasteiger partial charge in [-0.25, -0.2) is 14.8 Å². The number of hydrogen-bond acceptors (Lipinski definition) is 6. The van der Waals surface area contributed by atoms with Crippen LogP contribution in [0.5, 0.6) is 0 Å². The number of aromatic amines is 2. The molecule has 0 aliphatic heterocycles. The average molecular weight is 411 g/mol. The summed E-state index contributed by atoms with van der Waals surface area (Å²) in [6, 6.07) is 1.91. The summed E-state index contributed by atoms with van der Waals surface area (Å²) in [7, 11) is 0. The van der Waals surface area contributed by atoms with Crippen LogP contribution in [0.1, 0.15) is 65.2 Å². The number of carbonyl (C=O) groups excluding carboxylic acids is 1. The molecule has 2 fully saturated rings. The molecule has 2 aliphatic carbocycles. The van der Waals surface area contributed by atoms with Crippen molar-refractivity contribution >= 4 is 28.6 Å². The summed E-state index contributed by atoms with van der Waals surface area (Å²) in [5.74, 6) is 1.08. The van der Waals surface area contributed by atoms with Crippen LogP contribution in [0.4, 0.5) is 0 Å². The number of aryl methyl sites for hydroxylation is 2. The van der Waals surface area contributed by atoms with Gasteiger partial charge in [0.15, 0.2) is 11.4 Å². The molecule has 2 saturated carbocycles. The molecule has 0 unspecified atom stereocenters. The number of hydrogen-bond donors (Lipinski definition) is 2. The van der Waals surface area contributed by atoms with Gasteiger partial charge in [-0.15, -0.1) is 0 Å². The highest BCUT2D eigenvalue weighted by molar-refractivity contribution is 8.00. The van der Waals surface area contributed by atoms with E-state index in [1.807, 2.05) is 19.9 Å². The molecule has 0 bridgehead atoms. The van der Waals surface area contributed by atoms with Crippen molar-refractivity contribution in [2.75, 3.05) is 5.75 Å². The predicted octanol–water partition coefficient (Wildman–Crippen LogP) is 2.61. The lowest BCUT2D eigenvalue weighted by molar-refractivity contribution is 0.102. The predicted molar refractivity (Wildman–Crippen MR) is 110 cm³/mol. The molecule has 29 heavy (non-hydrogen) atoms. The normalized spacial score (nSPS) is 16.5. The van der Waals surface area contributed by atoms with E-state index >= 15 is 0 Å². The molecule has 0 spiro atoms. The number of fused-ring (bicyclic) bond motifs is 1. The van der Waals surface area contributed by atoms with Crippen molar-refractivity contribution in [3.05, 3.63) is 49.7 Å². The van der Waals surface area contributed by atoms with Gasteiger partial charge in [0.25, 0.3) is 5.56 Å². The Balaban J connectivity index is 1.58. The SMILES string of the molecule is Cc1cc(C(=O)CSc2nc(C3CC3)nc3c2c(=O)[nH]c(=O)n3C2CC2)c(C)[nH]1. The van der Waals surface area contributed by atoms with Gasteiger partial charge in [-0.1, -0.05) is 11.8 Å². The highest BCUT2D eigenvalue weighted by atomic mass is 32.2. The van der Waals surface area contributed by atoms with Crippen LogP contribution < -0.4 is 11.2 Å². The number of Topliss-reactive ketones (excluding diaryl/α,β-unsaturated/α-hetero) is 1. The molecule has 0 atom stereocenters. The lowest BCUT2D eigenvalue weighted by Gasteiger charge is -2.11. The zero-order valence-corrected chi connectivity index (χ0v) is 17.1. The van der Waals surface area contributed by atoms with Gasteiger partial charge >= 0.3 is 5.69 Å². The fourth-order valence-electron chi connectivity index (χ4n) is 3.66. The Bertz CT molecular complexity index is 1260. The lowest BCUT2D eigenvalue weighted by atomic mass is 10.2. The molecular weight excluding hydrogens is 390 g/mol. The second kappa shape index (κ2) is 6.69. The zero-order chi connectivity index (χ0) is 20.3. The summed E-state index contributed by atoms with van der Waals surface area (Å²) in [6.07, 6.45) is 3.81. The van der Waals surface area contributed by atoms with Crippen molar-refractivity contribution in [3.8, 4) is 0 Å². The second-order valence-corrected chi connectivity index (χ2v) is 8.89. The van der Waals surface area contributed by atoms with Gasteiger partial charge in [-0.2, -0.15) is 0 Å². The lowest BCUT2D eigenvalue weighted by Crippen LogP contribution is -2.31. The summed E-state index contributed by atoms with van der Waals surface area (Å²) in [5, 5.41) is 0.784. The maximum atomic E-state index is 12.7. The maximum absolute atomic E-state index is 12.7. The Labute approximate surface area is 170 Å². The Kier molecular flexibility index (Phi) is 4.23. The second-order valence-electron chi connectivity index (χ2n) is 7.92. The molecule has 3 aromatic rings. The van der Waals surface area contributed by atoms with Gasteiger partial charge in [0.1, 0.15) is 16.2 Å². The minimum atomic E-state index is -0.493. The Hall–Kier alpha value is -2.68.